The van der Waals surface area contributed by atoms with Gasteiger partial charge in [-0.1, -0.05) is 26.3 Å². The number of rotatable bonds is 10. The summed E-state index contributed by atoms with van der Waals surface area (Å²) in [5.74, 6) is 1.56. The summed E-state index contributed by atoms with van der Waals surface area (Å²) in [4.78, 5) is 34.9. The second-order valence-electron chi connectivity index (χ2n) is 11.4. The molecule has 2 aromatic heterocycles. The van der Waals surface area contributed by atoms with E-state index in [9.17, 15) is 9.59 Å². The quantitative estimate of drug-likeness (QED) is 0.435. The zero-order chi connectivity index (χ0) is 26.4. The zero-order valence-corrected chi connectivity index (χ0v) is 24.3. The summed E-state index contributed by atoms with van der Waals surface area (Å²) < 4.78 is 0. The molecule has 8 heteroatoms. The molecule has 2 amide bonds. The molecule has 3 unspecified atom stereocenters. The Kier molecular flexibility index (Phi) is 10.2. The number of likely N-dealkylation sites (tertiary alicyclic amines) is 1. The lowest BCUT2D eigenvalue weighted by atomic mass is 9.81. The van der Waals surface area contributed by atoms with E-state index in [-0.39, 0.29) is 17.9 Å². The van der Waals surface area contributed by atoms with Crippen LogP contribution in [-0.2, 0) is 11.3 Å². The van der Waals surface area contributed by atoms with E-state index >= 15 is 0 Å². The lowest BCUT2D eigenvalue weighted by Crippen LogP contribution is -2.57. The Morgan fingerprint density at radius 1 is 1.16 bits per heavy atom. The molecule has 0 bridgehead atoms. The average molecular weight is 545 g/mol. The van der Waals surface area contributed by atoms with Crippen LogP contribution < -0.4 is 11.1 Å². The maximum atomic E-state index is 13.7. The predicted molar refractivity (Wildman–Crippen MR) is 154 cm³/mol. The van der Waals surface area contributed by atoms with Gasteiger partial charge in [-0.25, -0.2) is 0 Å². The zero-order valence-electron chi connectivity index (χ0n) is 22.7. The molecule has 3 heterocycles. The topological polar surface area (TPSA) is 78.7 Å². The third kappa shape index (κ3) is 7.65. The number of nitrogens with zero attached hydrogens (tertiary/aromatic N) is 2. The largest absolute Gasteiger partial charge is 0.354 e. The van der Waals surface area contributed by atoms with E-state index in [2.05, 4.69) is 43.1 Å². The molecular formula is C29H44N4O2S2. The van der Waals surface area contributed by atoms with Crippen LogP contribution in [-0.4, -0.2) is 59.9 Å². The Morgan fingerprint density at radius 3 is 2.65 bits per heavy atom. The van der Waals surface area contributed by atoms with Crippen molar-refractivity contribution in [3.8, 4) is 0 Å². The van der Waals surface area contributed by atoms with E-state index in [0.29, 0.717) is 42.1 Å². The van der Waals surface area contributed by atoms with E-state index in [4.69, 9.17) is 5.73 Å². The maximum Gasteiger partial charge on any atom is 0.264 e. The number of nitrogens with one attached hydrogen (secondary N) is 1. The Balaban J connectivity index is 1.48. The molecule has 4 atom stereocenters. The number of piperidine rings is 1. The van der Waals surface area contributed by atoms with Gasteiger partial charge in [0.15, 0.2) is 0 Å². The molecule has 1 saturated carbocycles. The van der Waals surface area contributed by atoms with Gasteiger partial charge >= 0.3 is 0 Å². The summed E-state index contributed by atoms with van der Waals surface area (Å²) in [5.41, 5.74) is 5.94. The summed E-state index contributed by atoms with van der Waals surface area (Å²) in [6, 6.07) is 8.02. The van der Waals surface area contributed by atoms with Crippen molar-refractivity contribution in [2.45, 2.75) is 77.9 Å². The van der Waals surface area contributed by atoms with Crippen LogP contribution in [0.4, 0.5) is 0 Å². The fraction of sp³-hybridized carbons (Fsp3) is 0.655. The molecule has 1 aliphatic carbocycles. The predicted octanol–water partition coefficient (Wildman–Crippen LogP) is 5.13. The normalized spacial score (nSPS) is 24.5. The van der Waals surface area contributed by atoms with Crippen LogP contribution in [0.15, 0.2) is 29.6 Å². The van der Waals surface area contributed by atoms with Gasteiger partial charge in [0.25, 0.3) is 5.91 Å². The van der Waals surface area contributed by atoms with Crippen molar-refractivity contribution in [2.75, 3.05) is 26.2 Å². The molecule has 2 fully saturated rings. The summed E-state index contributed by atoms with van der Waals surface area (Å²) in [5, 5.41) is 5.19. The first-order chi connectivity index (χ1) is 17.8. The molecule has 37 heavy (non-hydrogen) atoms. The van der Waals surface area contributed by atoms with Crippen molar-refractivity contribution in [1.82, 2.24) is 15.1 Å². The molecule has 1 aliphatic heterocycles. The second kappa shape index (κ2) is 13.4. The summed E-state index contributed by atoms with van der Waals surface area (Å²) in [7, 11) is 0. The smallest absolute Gasteiger partial charge is 0.264 e. The Morgan fingerprint density at radius 2 is 1.97 bits per heavy atom. The highest BCUT2D eigenvalue weighted by Gasteiger charge is 2.39. The number of carbonyl (C=O) groups is 2. The van der Waals surface area contributed by atoms with Crippen LogP contribution in [0, 0.1) is 24.7 Å². The number of hydrogen-bond acceptors (Lipinski definition) is 6. The first-order valence-electron chi connectivity index (χ1n) is 14.0. The summed E-state index contributed by atoms with van der Waals surface area (Å²) >= 11 is 3.30. The number of aryl methyl sites for hydroxylation is 1. The molecule has 6 nitrogen and oxygen atoms in total. The van der Waals surface area contributed by atoms with Crippen LogP contribution in [0.2, 0.25) is 0 Å². The highest BCUT2D eigenvalue weighted by molar-refractivity contribution is 7.12. The number of carbonyl (C=O) groups excluding carboxylic acids is 2. The average Bonchev–Trinajstić information content (AvgIpc) is 3.58. The van der Waals surface area contributed by atoms with Gasteiger partial charge in [0.1, 0.15) is 6.04 Å². The van der Waals surface area contributed by atoms with Crippen molar-refractivity contribution < 1.29 is 9.59 Å². The van der Waals surface area contributed by atoms with Gasteiger partial charge in [0.05, 0.1) is 4.88 Å². The molecule has 0 aromatic carbocycles. The highest BCUT2D eigenvalue weighted by Crippen LogP contribution is 2.30. The van der Waals surface area contributed by atoms with Crippen LogP contribution in [0.3, 0.4) is 0 Å². The Bertz CT molecular complexity index is 1010. The highest BCUT2D eigenvalue weighted by atomic mass is 32.1. The minimum atomic E-state index is -0.443. The van der Waals surface area contributed by atoms with Crippen molar-refractivity contribution in [3.05, 3.63) is 44.3 Å². The SMILES string of the molecule is Cc1ccc(CN(CC(C)C)C2CCN(C(=O)c3cccs3)[C@@H](C(=O)NCC3CCCC(CN)C3)C2)s1. The van der Waals surface area contributed by atoms with Crippen molar-refractivity contribution in [2.24, 2.45) is 23.5 Å². The third-order valence-corrected chi connectivity index (χ3v) is 9.77. The molecular weight excluding hydrogens is 500 g/mol. The fourth-order valence-corrected chi connectivity index (χ4v) is 7.65. The Hall–Kier alpha value is -1.74. The van der Waals surface area contributed by atoms with Crippen molar-refractivity contribution >= 4 is 34.5 Å². The van der Waals surface area contributed by atoms with Crippen LogP contribution >= 0.6 is 22.7 Å². The van der Waals surface area contributed by atoms with E-state index in [1.54, 1.807) is 0 Å². The second-order valence-corrected chi connectivity index (χ2v) is 13.7. The first-order valence-corrected chi connectivity index (χ1v) is 15.6. The van der Waals surface area contributed by atoms with Gasteiger partial charge in [0, 0.05) is 42.0 Å². The van der Waals surface area contributed by atoms with E-state index in [1.807, 2.05) is 33.7 Å². The third-order valence-electron chi connectivity index (χ3n) is 7.93. The Labute approximate surface area is 230 Å². The van der Waals surface area contributed by atoms with Crippen molar-refractivity contribution in [3.63, 3.8) is 0 Å². The van der Waals surface area contributed by atoms with Crippen molar-refractivity contribution in [1.29, 1.82) is 0 Å². The minimum Gasteiger partial charge on any atom is -0.354 e. The maximum absolute atomic E-state index is 13.7. The lowest BCUT2D eigenvalue weighted by Gasteiger charge is -2.43. The van der Waals surface area contributed by atoms with Gasteiger partial charge < -0.3 is 16.0 Å². The molecule has 1 saturated heterocycles. The summed E-state index contributed by atoms with van der Waals surface area (Å²) in [6.45, 7) is 10.6. The van der Waals surface area contributed by atoms with Gasteiger partial charge in [-0.05, 0) is 86.9 Å². The first kappa shape index (κ1) is 28.3. The molecule has 4 rings (SSSR count). The van der Waals surface area contributed by atoms with E-state index in [1.165, 1.54) is 33.9 Å². The van der Waals surface area contributed by atoms with Crippen LogP contribution in [0.25, 0.3) is 0 Å². The minimum absolute atomic E-state index is 0.000873. The van der Waals surface area contributed by atoms with Gasteiger partial charge in [-0.2, -0.15) is 0 Å². The van der Waals surface area contributed by atoms with E-state index in [0.717, 1.165) is 38.9 Å². The van der Waals surface area contributed by atoms with Gasteiger partial charge in [-0.15, -0.1) is 22.7 Å². The number of nitrogens with two attached hydrogens (primary N) is 1. The molecule has 204 valence electrons. The number of amides is 2. The number of hydrogen-bond donors (Lipinski definition) is 2. The van der Waals surface area contributed by atoms with Gasteiger partial charge in [-0.3, -0.25) is 14.5 Å². The fourth-order valence-electron chi connectivity index (χ4n) is 6.06. The van der Waals surface area contributed by atoms with E-state index < -0.39 is 6.04 Å². The molecule has 2 aliphatic rings. The van der Waals surface area contributed by atoms with Crippen LogP contribution in [0.1, 0.15) is 71.8 Å². The summed E-state index contributed by atoms with van der Waals surface area (Å²) in [6.07, 6.45) is 6.18. The molecule has 3 N–H and O–H groups in total. The molecule has 0 radical (unpaired) electrons. The lowest BCUT2D eigenvalue weighted by molar-refractivity contribution is -0.128. The standard InChI is InChI=1S/C29H44N4O2S2/c1-20(2)18-32(19-25-10-9-21(3)37-25)24-11-12-33(29(35)27-8-5-13-36-27)26(15-24)28(34)31-17-23-7-4-6-22(14-23)16-30/h5,8-10,13,20,22-24,26H,4,6-7,11-12,14-19,30H2,1-3H3,(H,31,34)/t22?,23?,24?,26-/m1/s1. The monoisotopic (exact) mass is 544 g/mol. The molecule has 0 spiro atoms. The molecule has 2 aromatic rings. The number of thiophene rings is 2. The van der Waals surface area contributed by atoms with Crippen LogP contribution in [0.5, 0.6) is 0 Å². The van der Waals surface area contributed by atoms with Gasteiger partial charge in [0.2, 0.25) is 5.91 Å².